The summed E-state index contributed by atoms with van der Waals surface area (Å²) >= 11 is 0. The van der Waals surface area contributed by atoms with Crippen molar-refractivity contribution in [1.29, 1.82) is 0 Å². The number of likely N-dealkylation sites (tertiary alicyclic amines) is 1. The third-order valence-electron chi connectivity index (χ3n) is 4.12. The number of nitrogens with one attached hydrogen (secondary N) is 1. The molecule has 3 rings (SSSR count). The Balaban J connectivity index is 1.94. The Hall–Kier alpha value is -2.57. The van der Waals surface area contributed by atoms with E-state index in [1.807, 2.05) is 0 Å². The molecule has 1 N–H and O–H groups in total. The Morgan fingerprint density at radius 2 is 2.13 bits per heavy atom. The molecule has 23 heavy (non-hydrogen) atoms. The second kappa shape index (κ2) is 6.28. The molecule has 1 atom stereocenters. The Morgan fingerprint density at radius 3 is 2.78 bits per heavy atom. The number of rotatable bonds is 3. The molecule has 1 aliphatic heterocycles. The summed E-state index contributed by atoms with van der Waals surface area (Å²) in [6, 6.07) is 7.01. The summed E-state index contributed by atoms with van der Waals surface area (Å²) in [5.74, 6) is 0.827. The van der Waals surface area contributed by atoms with Gasteiger partial charge < -0.3 is 9.64 Å². The number of ether oxygens (including phenoxy) is 1. The predicted molar refractivity (Wildman–Crippen MR) is 81.7 cm³/mol. The summed E-state index contributed by atoms with van der Waals surface area (Å²) in [5, 5.41) is 2.50. The van der Waals surface area contributed by atoms with Crippen molar-refractivity contribution in [3.05, 3.63) is 40.4 Å². The van der Waals surface area contributed by atoms with Crippen LogP contribution in [0, 0.1) is 5.92 Å². The third-order valence-corrected chi connectivity index (χ3v) is 4.12. The van der Waals surface area contributed by atoms with Gasteiger partial charge >= 0.3 is 17.2 Å². The van der Waals surface area contributed by atoms with E-state index in [2.05, 4.69) is 12.2 Å². The molecular weight excluding hydrogens is 298 g/mol. The van der Waals surface area contributed by atoms with Crippen LogP contribution in [0.4, 0.5) is 0 Å². The molecule has 1 saturated heterocycles. The number of methoxy groups -OCH3 is 1. The number of hydrogen-bond donors (Lipinski definition) is 1. The van der Waals surface area contributed by atoms with E-state index in [1.165, 1.54) is 4.68 Å². The molecule has 7 nitrogen and oxygen atoms in total. The molecule has 0 spiro atoms. The molecule has 1 fully saturated rings. The standard InChI is InChI=1S/C16H19N3O4/c1-11-4-3-9-18(10-11)15(20)14-16(21)23-17-19(14)12-5-7-13(22-2)8-6-12/h5-8,11H,3-4,9-10H2,1-2H3/p+1. The highest BCUT2D eigenvalue weighted by Crippen LogP contribution is 2.17. The van der Waals surface area contributed by atoms with E-state index in [1.54, 1.807) is 36.3 Å². The maximum Gasteiger partial charge on any atom is 0.441 e. The lowest BCUT2D eigenvalue weighted by Gasteiger charge is -2.29. The van der Waals surface area contributed by atoms with Crippen LogP contribution < -0.4 is 15.0 Å². The Kier molecular flexibility index (Phi) is 4.18. The number of benzene rings is 1. The monoisotopic (exact) mass is 318 g/mol. The molecule has 0 radical (unpaired) electrons. The molecule has 1 aromatic carbocycles. The van der Waals surface area contributed by atoms with E-state index in [-0.39, 0.29) is 11.6 Å². The number of H-pyrrole nitrogens is 1. The average molecular weight is 318 g/mol. The third kappa shape index (κ3) is 2.99. The Bertz CT molecular complexity index is 747. The highest BCUT2D eigenvalue weighted by molar-refractivity contribution is 5.90. The quantitative estimate of drug-likeness (QED) is 0.860. The van der Waals surface area contributed by atoms with Gasteiger partial charge in [0.25, 0.3) is 0 Å². The van der Waals surface area contributed by atoms with Crippen molar-refractivity contribution in [3.8, 4) is 11.4 Å². The Morgan fingerprint density at radius 1 is 1.39 bits per heavy atom. The predicted octanol–water partition coefficient (Wildman–Crippen LogP) is 1.13. The molecule has 1 aliphatic rings. The van der Waals surface area contributed by atoms with Crippen LogP contribution in [-0.4, -0.2) is 36.3 Å². The molecule has 1 aromatic heterocycles. The second-order valence-electron chi connectivity index (χ2n) is 5.86. The SMILES string of the molecule is COc1ccc(-[n+]2[nH]oc(=O)c2C(=O)N2CCCC(C)C2)cc1. The number of hydrogen-bond acceptors (Lipinski definition) is 4. The van der Waals surface area contributed by atoms with Gasteiger partial charge in [-0.2, -0.15) is 0 Å². The number of carbonyl (C=O) groups is 1. The van der Waals surface area contributed by atoms with Crippen molar-refractivity contribution < 1.29 is 18.7 Å². The van der Waals surface area contributed by atoms with Crippen molar-refractivity contribution in [2.45, 2.75) is 19.8 Å². The van der Waals surface area contributed by atoms with Gasteiger partial charge in [-0.25, -0.2) is 4.79 Å². The van der Waals surface area contributed by atoms with Gasteiger partial charge in [0, 0.05) is 25.2 Å². The van der Waals surface area contributed by atoms with Gasteiger partial charge in [-0.1, -0.05) is 6.92 Å². The maximum absolute atomic E-state index is 12.7. The molecule has 0 saturated carbocycles. The van der Waals surface area contributed by atoms with Gasteiger partial charge in [-0.05, 0) is 40.8 Å². The zero-order chi connectivity index (χ0) is 16.4. The molecule has 2 aromatic rings. The Labute approximate surface area is 133 Å². The van der Waals surface area contributed by atoms with Gasteiger partial charge in [0.1, 0.15) is 5.75 Å². The number of carbonyl (C=O) groups excluding carboxylic acids is 1. The maximum atomic E-state index is 12.7. The van der Waals surface area contributed by atoms with Crippen molar-refractivity contribution in [1.82, 2.24) is 10.2 Å². The highest BCUT2D eigenvalue weighted by Gasteiger charge is 2.35. The zero-order valence-electron chi connectivity index (χ0n) is 13.2. The second-order valence-corrected chi connectivity index (χ2v) is 5.86. The van der Waals surface area contributed by atoms with Crippen molar-refractivity contribution in [2.24, 2.45) is 5.92 Å². The minimum Gasteiger partial charge on any atom is -0.497 e. The van der Waals surface area contributed by atoms with Gasteiger partial charge in [0.15, 0.2) is 0 Å². The lowest BCUT2D eigenvalue weighted by atomic mass is 10.00. The van der Waals surface area contributed by atoms with E-state index in [0.717, 1.165) is 12.8 Å². The molecule has 7 heteroatoms. The van der Waals surface area contributed by atoms with Crippen LogP contribution in [0.15, 0.2) is 33.6 Å². The zero-order valence-corrected chi connectivity index (χ0v) is 13.2. The van der Waals surface area contributed by atoms with Gasteiger partial charge in [0.2, 0.25) is 5.69 Å². The number of piperidine rings is 1. The van der Waals surface area contributed by atoms with Crippen LogP contribution in [0.25, 0.3) is 5.69 Å². The molecule has 0 bridgehead atoms. The van der Waals surface area contributed by atoms with E-state index in [0.29, 0.717) is 30.4 Å². The molecule has 0 aliphatic carbocycles. The van der Waals surface area contributed by atoms with Crippen LogP contribution in [-0.2, 0) is 0 Å². The fourth-order valence-corrected chi connectivity index (χ4v) is 2.89. The van der Waals surface area contributed by atoms with Crippen LogP contribution >= 0.6 is 0 Å². The molecule has 1 unspecified atom stereocenters. The van der Waals surface area contributed by atoms with Crippen LogP contribution in [0.2, 0.25) is 0 Å². The summed E-state index contributed by atoms with van der Waals surface area (Å²) in [6.07, 6.45) is 2.05. The van der Waals surface area contributed by atoms with E-state index >= 15 is 0 Å². The summed E-state index contributed by atoms with van der Waals surface area (Å²) in [5.41, 5.74) is -0.0432. The summed E-state index contributed by atoms with van der Waals surface area (Å²) in [4.78, 5) is 26.5. The van der Waals surface area contributed by atoms with Gasteiger partial charge in [-0.15, -0.1) is 0 Å². The van der Waals surface area contributed by atoms with Crippen LogP contribution in [0.5, 0.6) is 5.75 Å². The first kappa shape index (κ1) is 15.3. The lowest BCUT2D eigenvalue weighted by molar-refractivity contribution is -0.672. The normalized spacial score (nSPS) is 18.0. The molecular formula is C16H20N3O4+. The van der Waals surface area contributed by atoms with E-state index in [9.17, 15) is 9.59 Å². The smallest absolute Gasteiger partial charge is 0.441 e. The lowest BCUT2D eigenvalue weighted by Crippen LogP contribution is -2.48. The first-order chi connectivity index (χ1) is 11.1. The van der Waals surface area contributed by atoms with Crippen molar-refractivity contribution >= 4 is 5.91 Å². The van der Waals surface area contributed by atoms with E-state index in [4.69, 9.17) is 9.26 Å². The van der Waals surface area contributed by atoms with Gasteiger partial charge in [0.05, 0.1) is 7.11 Å². The fraction of sp³-hybridized carbons (Fsp3) is 0.438. The highest BCUT2D eigenvalue weighted by atomic mass is 16.5. The topological polar surface area (TPSA) is 79.4 Å². The summed E-state index contributed by atoms with van der Waals surface area (Å²) in [7, 11) is 1.58. The number of amides is 1. The summed E-state index contributed by atoms with van der Waals surface area (Å²) in [6.45, 7) is 3.43. The number of aromatic nitrogens is 2. The molecule has 122 valence electrons. The number of nitrogens with zero attached hydrogens (tertiary/aromatic N) is 2. The van der Waals surface area contributed by atoms with E-state index < -0.39 is 5.63 Å². The minimum atomic E-state index is -0.663. The molecule has 1 amide bonds. The number of aromatic amines is 1. The summed E-state index contributed by atoms with van der Waals surface area (Å²) < 4.78 is 11.3. The van der Waals surface area contributed by atoms with Crippen molar-refractivity contribution in [2.75, 3.05) is 20.2 Å². The minimum absolute atomic E-state index is 0.00994. The fourth-order valence-electron chi connectivity index (χ4n) is 2.89. The first-order valence-corrected chi connectivity index (χ1v) is 7.67. The average Bonchev–Trinajstić information content (AvgIpc) is 2.96. The van der Waals surface area contributed by atoms with Gasteiger partial charge in [-0.3, -0.25) is 9.32 Å². The molecule has 2 heterocycles. The first-order valence-electron chi connectivity index (χ1n) is 7.67. The van der Waals surface area contributed by atoms with Crippen molar-refractivity contribution in [3.63, 3.8) is 0 Å². The van der Waals surface area contributed by atoms with Crippen LogP contribution in [0.3, 0.4) is 0 Å². The largest absolute Gasteiger partial charge is 0.497 e. The van der Waals surface area contributed by atoms with Crippen LogP contribution in [0.1, 0.15) is 30.3 Å².